The quantitative estimate of drug-likeness (QED) is 0.631. The van der Waals surface area contributed by atoms with Gasteiger partial charge in [-0.05, 0) is 60.9 Å². The summed E-state index contributed by atoms with van der Waals surface area (Å²) in [7, 11) is 3.22. The fraction of sp³-hybridized carbons (Fsp3) is 0.458. The summed E-state index contributed by atoms with van der Waals surface area (Å²) in [5.41, 5.74) is 10.2. The molecule has 0 spiro atoms. The standard InChI is InChI=1S/C21H25NO4S.C2H6.CH4/c1-5-26-17-10-12-6-8-15(22)14-11-16(23)18(27-4)9-7-13(14)19(12)21(25-3)20(17)24-2;1-2;/h7,9-11,15H,5-6,8,22H2,1-4H3;1-2H3;1H4. The van der Waals surface area contributed by atoms with Crippen LogP contribution in [-0.4, -0.2) is 27.1 Å². The number of thioether (sulfide) groups is 1. The molecule has 0 aromatic heterocycles. The van der Waals surface area contributed by atoms with Crippen molar-refractivity contribution in [1.82, 2.24) is 0 Å². The number of fused-ring (bicyclic) bond motifs is 3. The maximum absolute atomic E-state index is 12.6. The molecule has 0 saturated carbocycles. The molecule has 2 N–H and O–H groups in total. The Morgan fingerprint density at radius 2 is 1.80 bits per heavy atom. The number of aryl methyl sites for hydroxylation is 1. The predicted octanol–water partition coefficient (Wildman–Crippen LogP) is 5.46. The smallest absolute Gasteiger partial charge is 0.203 e. The van der Waals surface area contributed by atoms with Gasteiger partial charge in [-0.2, -0.15) is 0 Å². The molecule has 3 rings (SSSR count). The lowest BCUT2D eigenvalue weighted by Crippen LogP contribution is -2.12. The molecule has 0 aliphatic heterocycles. The highest BCUT2D eigenvalue weighted by Gasteiger charge is 2.27. The molecule has 2 aromatic rings. The minimum absolute atomic E-state index is 0. The Labute approximate surface area is 184 Å². The van der Waals surface area contributed by atoms with Gasteiger partial charge in [0.25, 0.3) is 0 Å². The first-order valence-corrected chi connectivity index (χ1v) is 11.2. The molecule has 30 heavy (non-hydrogen) atoms. The second-order valence-electron chi connectivity index (χ2n) is 6.33. The Morgan fingerprint density at radius 3 is 2.37 bits per heavy atom. The largest absolute Gasteiger partial charge is 0.492 e. The highest BCUT2D eigenvalue weighted by Crippen LogP contribution is 2.50. The van der Waals surface area contributed by atoms with Gasteiger partial charge < -0.3 is 19.9 Å². The van der Waals surface area contributed by atoms with Crippen LogP contribution in [0.2, 0.25) is 0 Å². The van der Waals surface area contributed by atoms with Crippen LogP contribution in [0.25, 0.3) is 11.1 Å². The molecule has 0 saturated heterocycles. The highest BCUT2D eigenvalue weighted by molar-refractivity contribution is 7.98. The number of rotatable bonds is 5. The molecule has 1 aliphatic carbocycles. The van der Waals surface area contributed by atoms with Crippen LogP contribution in [0.15, 0.2) is 34.0 Å². The number of ether oxygens (including phenoxy) is 3. The van der Waals surface area contributed by atoms with Crippen LogP contribution in [0.5, 0.6) is 17.2 Å². The number of hydrogen-bond donors (Lipinski definition) is 1. The van der Waals surface area contributed by atoms with E-state index in [1.807, 2.05) is 45.2 Å². The van der Waals surface area contributed by atoms with E-state index >= 15 is 0 Å². The lowest BCUT2D eigenvalue weighted by molar-refractivity contribution is 0.296. The second-order valence-corrected chi connectivity index (χ2v) is 7.18. The summed E-state index contributed by atoms with van der Waals surface area (Å²) in [6.07, 6.45) is 3.39. The first-order valence-electron chi connectivity index (χ1n) is 9.94. The van der Waals surface area contributed by atoms with Crippen molar-refractivity contribution < 1.29 is 14.2 Å². The van der Waals surface area contributed by atoms with E-state index in [0.29, 0.717) is 28.8 Å². The lowest BCUT2D eigenvalue weighted by Gasteiger charge is -2.19. The highest BCUT2D eigenvalue weighted by atomic mass is 32.2. The van der Waals surface area contributed by atoms with Gasteiger partial charge in [-0.25, -0.2) is 0 Å². The molecular weight excluding hydrogens is 398 g/mol. The van der Waals surface area contributed by atoms with Gasteiger partial charge in [0.05, 0.1) is 25.7 Å². The van der Waals surface area contributed by atoms with Gasteiger partial charge in [0.2, 0.25) is 5.75 Å². The molecule has 1 aliphatic rings. The fourth-order valence-corrected chi connectivity index (χ4v) is 4.07. The molecule has 0 amide bonds. The molecule has 0 heterocycles. The zero-order valence-electron chi connectivity index (χ0n) is 18.1. The van der Waals surface area contributed by atoms with E-state index in [4.69, 9.17) is 19.9 Å². The normalized spacial score (nSPS) is 14.0. The molecule has 0 fully saturated rings. The molecule has 0 radical (unpaired) electrons. The molecule has 1 atom stereocenters. The van der Waals surface area contributed by atoms with Crippen molar-refractivity contribution in [2.75, 3.05) is 27.1 Å². The summed E-state index contributed by atoms with van der Waals surface area (Å²) in [4.78, 5) is 13.2. The number of benzene rings is 1. The van der Waals surface area contributed by atoms with E-state index in [1.54, 1.807) is 20.3 Å². The van der Waals surface area contributed by atoms with Gasteiger partial charge in [-0.15, -0.1) is 11.8 Å². The van der Waals surface area contributed by atoms with Crippen LogP contribution in [0.1, 0.15) is 51.8 Å². The zero-order chi connectivity index (χ0) is 21.6. The van der Waals surface area contributed by atoms with E-state index < -0.39 is 0 Å². The van der Waals surface area contributed by atoms with Crippen molar-refractivity contribution in [3.8, 4) is 28.4 Å². The molecule has 2 aromatic carbocycles. The van der Waals surface area contributed by atoms with E-state index in [1.165, 1.54) is 11.8 Å². The summed E-state index contributed by atoms with van der Waals surface area (Å²) in [6, 6.07) is 7.27. The average Bonchev–Trinajstić information content (AvgIpc) is 2.98. The maximum Gasteiger partial charge on any atom is 0.203 e. The Morgan fingerprint density at radius 1 is 1.13 bits per heavy atom. The predicted molar refractivity (Wildman–Crippen MR) is 128 cm³/mol. The zero-order valence-corrected chi connectivity index (χ0v) is 18.9. The Bertz CT molecular complexity index is 915. The van der Waals surface area contributed by atoms with Gasteiger partial charge in [0.15, 0.2) is 16.9 Å². The van der Waals surface area contributed by atoms with Crippen LogP contribution in [0.4, 0.5) is 0 Å². The monoisotopic (exact) mass is 433 g/mol. The summed E-state index contributed by atoms with van der Waals surface area (Å²) < 4.78 is 17.1. The molecule has 5 nitrogen and oxygen atoms in total. The molecule has 166 valence electrons. The molecule has 6 heteroatoms. The molecule has 1 unspecified atom stereocenters. The fourth-order valence-electron chi connectivity index (χ4n) is 3.61. The van der Waals surface area contributed by atoms with Gasteiger partial charge in [-0.3, -0.25) is 4.79 Å². The van der Waals surface area contributed by atoms with Gasteiger partial charge in [0.1, 0.15) is 0 Å². The lowest BCUT2D eigenvalue weighted by atomic mass is 9.95. The maximum atomic E-state index is 12.6. The SMILES string of the molecule is C.CC.CCOc1cc2c(c(OC)c1OC)-c1ccc(SC)c(=O)cc1C(N)CC2. The Hall–Kier alpha value is -2.18. The summed E-state index contributed by atoms with van der Waals surface area (Å²) in [5.74, 6) is 1.82. The second kappa shape index (κ2) is 11.9. The van der Waals surface area contributed by atoms with Gasteiger partial charge >= 0.3 is 0 Å². The van der Waals surface area contributed by atoms with E-state index in [0.717, 1.165) is 35.1 Å². The first-order chi connectivity index (χ1) is 14.0. The molecule has 0 bridgehead atoms. The average molecular weight is 434 g/mol. The van der Waals surface area contributed by atoms with E-state index in [9.17, 15) is 4.79 Å². The van der Waals surface area contributed by atoms with E-state index in [-0.39, 0.29) is 18.9 Å². The topological polar surface area (TPSA) is 70.8 Å². The van der Waals surface area contributed by atoms with Crippen molar-refractivity contribution >= 4 is 11.8 Å². The Kier molecular flexibility index (Phi) is 10.2. The van der Waals surface area contributed by atoms with Crippen molar-refractivity contribution in [3.63, 3.8) is 0 Å². The van der Waals surface area contributed by atoms with Gasteiger partial charge in [-0.1, -0.05) is 27.3 Å². The minimum Gasteiger partial charge on any atom is -0.492 e. The van der Waals surface area contributed by atoms with Gasteiger partial charge in [0, 0.05) is 11.6 Å². The summed E-state index contributed by atoms with van der Waals surface area (Å²) in [6.45, 7) is 6.46. The number of methoxy groups -OCH3 is 2. The van der Waals surface area contributed by atoms with Crippen LogP contribution >= 0.6 is 11.8 Å². The number of nitrogens with two attached hydrogens (primary N) is 1. The number of hydrogen-bond acceptors (Lipinski definition) is 6. The third-order valence-electron chi connectivity index (χ3n) is 4.85. The van der Waals surface area contributed by atoms with Crippen molar-refractivity contribution in [3.05, 3.63) is 45.6 Å². The first kappa shape index (κ1) is 25.9. The Balaban J connectivity index is 0.00000146. The summed E-state index contributed by atoms with van der Waals surface area (Å²) >= 11 is 1.43. The van der Waals surface area contributed by atoms with Crippen LogP contribution in [0.3, 0.4) is 0 Å². The minimum atomic E-state index is -0.228. The van der Waals surface area contributed by atoms with Crippen molar-refractivity contribution in [2.45, 2.75) is 52.0 Å². The van der Waals surface area contributed by atoms with Crippen LogP contribution in [0, 0.1) is 0 Å². The van der Waals surface area contributed by atoms with E-state index in [2.05, 4.69) is 0 Å². The third-order valence-corrected chi connectivity index (χ3v) is 5.62. The van der Waals surface area contributed by atoms with Crippen molar-refractivity contribution in [1.29, 1.82) is 0 Å². The molecular formula is C24H35NO4S. The van der Waals surface area contributed by atoms with Crippen LogP contribution < -0.4 is 25.4 Å². The van der Waals surface area contributed by atoms with Crippen molar-refractivity contribution in [2.24, 2.45) is 5.73 Å². The third kappa shape index (κ3) is 4.93. The van der Waals surface area contributed by atoms with Crippen LogP contribution in [-0.2, 0) is 6.42 Å². The summed E-state index contributed by atoms with van der Waals surface area (Å²) in [5, 5.41) is 0.